The van der Waals surface area contributed by atoms with Crippen LogP contribution in [0.25, 0.3) is 0 Å². The Hall–Kier alpha value is -2.07. The zero-order chi connectivity index (χ0) is 13.2. The molecule has 98 valence electrons. The van der Waals surface area contributed by atoms with Gasteiger partial charge in [-0.25, -0.2) is 4.79 Å². The van der Waals surface area contributed by atoms with Gasteiger partial charge in [-0.05, 0) is 23.6 Å². The van der Waals surface area contributed by atoms with Gasteiger partial charge in [0, 0.05) is 25.3 Å². The molecular weight excluding hydrogens is 240 g/mol. The minimum Gasteiger partial charge on any atom is -0.477 e. The highest BCUT2D eigenvalue weighted by Crippen LogP contribution is 2.21. The molecule has 0 radical (unpaired) electrons. The van der Waals surface area contributed by atoms with Crippen molar-refractivity contribution < 1.29 is 9.90 Å². The van der Waals surface area contributed by atoms with Gasteiger partial charge in [0.1, 0.15) is 5.69 Å². The van der Waals surface area contributed by atoms with Gasteiger partial charge < -0.3 is 10.1 Å². The Morgan fingerprint density at radius 1 is 1.32 bits per heavy atom. The van der Waals surface area contributed by atoms with Crippen LogP contribution in [0.2, 0.25) is 0 Å². The first-order valence-corrected chi connectivity index (χ1v) is 6.43. The molecule has 1 aromatic heterocycles. The van der Waals surface area contributed by atoms with Crippen LogP contribution >= 0.6 is 0 Å². The normalized spacial score (nSPS) is 15.2. The van der Waals surface area contributed by atoms with Crippen LogP contribution in [0.1, 0.15) is 27.3 Å². The zero-order valence-electron chi connectivity index (χ0n) is 10.6. The number of benzene rings is 1. The quantitative estimate of drug-likeness (QED) is 0.885. The zero-order valence-corrected chi connectivity index (χ0v) is 10.6. The summed E-state index contributed by atoms with van der Waals surface area (Å²) < 4.78 is 0. The van der Waals surface area contributed by atoms with Crippen LogP contribution in [0.15, 0.2) is 36.4 Å². The van der Waals surface area contributed by atoms with Crippen molar-refractivity contribution in [1.29, 1.82) is 0 Å². The smallest absolute Gasteiger partial charge is 0.352 e. The number of aromatic nitrogens is 1. The third-order valence-corrected chi connectivity index (χ3v) is 3.55. The molecule has 0 atom stereocenters. The lowest BCUT2D eigenvalue weighted by atomic mass is 10.1. The van der Waals surface area contributed by atoms with Crippen LogP contribution in [0.4, 0.5) is 0 Å². The highest BCUT2D eigenvalue weighted by atomic mass is 16.4. The van der Waals surface area contributed by atoms with E-state index >= 15 is 0 Å². The highest BCUT2D eigenvalue weighted by molar-refractivity contribution is 5.86. The van der Waals surface area contributed by atoms with Gasteiger partial charge in [-0.15, -0.1) is 0 Å². The Labute approximate surface area is 111 Å². The minimum absolute atomic E-state index is 0.298. The first kappa shape index (κ1) is 12.0. The molecule has 0 bridgehead atoms. The van der Waals surface area contributed by atoms with E-state index in [-0.39, 0.29) is 0 Å². The molecule has 0 aliphatic carbocycles. The lowest BCUT2D eigenvalue weighted by Gasteiger charge is -2.26. The number of rotatable bonds is 3. The van der Waals surface area contributed by atoms with Gasteiger partial charge in [-0.1, -0.05) is 30.3 Å². The molecule has 2 N–H and O–H groups in total. The van der Waals surface area contributed by atoms with Crippen molar-refractivity contribution in [3.63, 3.8) is 0 Å². The van der Waals surface area contributed by atoms with Gasteiger partial charge >= 0.3 is 5.97 Å². The number of carboxylic acid groups (broad SMARTS) is 1. The van der Waals surface area contributed by atoms with Crippen LogP contribution in [-0.4, -0.2) is 27.5 Å². The Kier molecular flexibility index (Phi) is 3.09. The van der Waals surface area contributed by atoms with Gasteiger partial charge in [0.15, 0.2) is 0 Å². The number of nitrogens with one attached hydrogen (secondary N) is 1. The number of carboxylic acids is 1. The number of carbonyl (C=O) groups is 1. The fourth-order valence-electron chi connectivity index (χ4n) is 2.58. The number of fused-ring (bicyclic) bond motifs is 1. The SMILES string of the molecule is O=C(O)c1cc2c([nH]1)CN(Cc1ccccc1)CC2. The molecule has 2 aromatic rings. The minimum atomic E-state index is -0.885. The molecule has 4 heteroatoms. The average molecular weight is 256 g/mol. The highest BCUT2D eigenvalue weighted by Gasteiger charge is 2.20. The van der Waals surface area contributed by atoms with Crippen LogP contribution in [-0.2, 0) is 19.5 Å². The van der Waals surface area contributed by atoms with Crippen molar-refractivity contribution >= 4 is 5.97 Å². The molecule has 4 nitrogen and oxygen atoms in total. The monoisotopic (exact) mass is 256 g/mol. The van der Waals surface area contributed by atoms with Gasteiger partial charge in [0.05, 0.1) is 0 Å². The number of aromatic carboxylic acids is 1. The summed E-state index contributed by atoms with van der Waals surface area (Å²) in [5, 5.41) is 8.99. The van der Waals surface area contributed by atoms with E-state index in [1.165, 1.54) is 5.56 Å². The van der Waals surface area contributed by atoms with E-state index in [4.69, 9.17) is 5.11 Å². The maximum atomic E-state index is 10.9. The fraction of sp³-hybridized carbons (Fsp3) is 0.267. The van der Waals surface area contributed by atoms with Crippen molar-refractivity contribution in [2.75, 3.05) is 6.54 Å². The maximum Gasteiger partial charge on any atom is 0.352 e. The molecule has 0 saturated carbocycles. The summed E-state index contributed by atoms with van der Waals surface area (Å²) in [7, 11) is 0. The number of H-pyrrole nitrogens is 1. The molecule has 1 aromatic carbocycles. The van der Waals surface area contributed by atoms with Crippen LogP contribution in [0, 0.1) is 0 Å². The predicted octanol–water partition coefficient (Wildman–Crippen LogP) is 2.27. The summed E-state index contributed by atoms with van der Waals surface area (Å²) >= 11 is 0. The van der Waals surface area contributed by atoms with Crippen molar-refractivity contribution in [2.24, 2.45) is 0 Å². The van der Waals surface area contributed by atoms with Gasteiger partial charge in [0.25, 0.3) is 0 Å². The Balaban J connectivity index is 1.73. The van der Waals surface area contributed by atoms with Gasteiger partial charge in [-0.3, -0.25) is 4.90 Å². The van der Waals surface area contributed by atoms with Crippen LogP contribution in [0.5, 0.6) is 0 Å². The van der Waals surface area contributed by atoms with Gasteiger partial charge in [0.2, 0.25) is 0 Å². The average Bonchev–Trinajstić information content (AvgIpc) is 2.83. The predicted molar refractivity (Wildman–Crippen MR) is 72.0 cm³/mol. The van der Waals surface area contributed by atoms with Crippen molar-refractivity contribution in [3.05, 3.63) is 58.9 Å². The summed E-state index contributed by atoms with van der Waals surface area (Å²) in [6, 6.07) is 12.1. The molecule has 19 heavy (non-hydrogen) atoms. The number of nitrogens with zero attached hydrogens (tertiary/aromatic N) is 1. The molecule has 3 rings (SSSR count). The largest absolute Gasteiger partial charge is 0.477 e. The Morgan fingerprint density at radius 2 is 2.11 bits per heavy atom. The number of hydrogen-bond acceptors (Lipinski definition) is 2. The van der Waals surface area contributed by atoms with Crippen molar-refractivity contribution in [1.82, 2.24) is 9.88 Å². The first-order chi connectivity index (χ1) is 9.22. The van der Waals surface area contributed by atoms with Gasteiger partial charge in [-0.2, -0.15) is 0 Å². The van der Waals surface area contributed by atoms with E-state index in [9.17, 15) is 4.79 Å². The summed E-state index contributed by atoms with van der Waals surface area (Å²) in [6.07, 6.45) is 0.909. The van der Waals surface area contributed by atoms with E-state index in [0.717, 1.165) is 37.3 Å². The van der Waals surface area contributed by atoms with E-state index < -0.39 is 5.97 Å². The summed E-state index contributed by atoms with van der Waals surface area (Å²) in [4.78, 5) is 16.3. The van der Waals surface area contributed by atoms with Crippen LogP contribution < -0.4 is 0 Å². The molecule has 0 saturated heterocycles. The molecule has 0 fully saturated rings. The second-order valence-corrected chi connectivity index (χ2v) is 4.94. The lowest BCUT2D eigenvalue weighted by Crippen LogP contribution is -2.29. The standard InChI is InChI=1S/C15H16N2O2/c18-15(19)13-8-12-6-7-17(10-14(12)16-13)9-11-4-2-1-3-5-11/h1-5,8,16H,6-7,9-10H2,(H,18,19). The summed E-state index contributed by atoms with van der Waals surface area (Å²) in [5.41, 5.74) is 3.77. The summed E-state index contributed by atoms with van der Waals surface area (Å²) in [5.74, 6) is -0.885. The molecule has 1 aliphatic rings. The Bertz CT molecular complexity index is 589. The molecule has 0 unspecified atom stereocenters. The first-order valence-electron chi connectivity index (χ1n) is 6.43. The summed E-state index contributed by atoms with van der Waals surface area (Å²) in [6.45, 7) is 2.66. The Morgan fingerprint density at radius 3 is 2.84 bits per heavy atom. The van der Waals surface area contributed by atoms with Crippen molar-refractivity contribution in [3.8, 4) is 0 Å². The molecule has 0 amide bonds. The molecular formula is C15H16N2O2. The topological polar surface area (TPSA) is 56.3 Å². The molecule has 1 aliphatic heterocycles. The maximum absolute atomic E-state index is 10.9. The third-order valence-electron chi connectivity index (χ3n) is 3.55. The molecule has 2 heterocycles. The third kappa shape index (κ3) is 2.53. The number of hydrogen-bond donors (Lipinski definition) is 2. The van der Waals surface area contributed by atoms with Crippen LogP contribution in [0.3, 0.4) is 0 Å². The molecule has 0 spiro atoms. The lowest BCUT2D eigenvalue weighted by molar-refractivity contribution is 0.0691. The van der Waals surface area contributed by atoms with E-state index in [1.807, 2.05) is 18.2 Å². The fourth-order valence-corrected chi connectivity index (χ4v) is 2.58. The van der Waals surface area contributed by atoms with Crippen molar-refractivity contribution in [2.45, 2.75) is 19.5 Å². The van der Waals surface area contributed by atoms with E-state index in [2.05, 4.69) is 22.0 Å². The number of aromatic amines is 1. The second kappa shape index (κ2) is 4.90. The van der Waals surface area contributed by atoms with E-state index in [0.29, 0.717) is 5.69 Å². The second-order valence-electron chi connectivity index (χ2n) is 4.94. The van der Waals surface area contributed by atoms with E-state index in [1.54, 1.807) is 6.07 Å².